The van der Waals surface area contributed by atoms with Crippen LogP contribution in [0.3, 0.4) is 0 Å². The van der Waals surface area contributed by atoms with E-state index in [1.807, 2.05) is 45.0 Å². The van der Waals surface area contributed by atoms with E-state index >= 15 is 0 Å². The number of carboxylic acid groups (broad SMARTS) is 1. The molecule has 1 N–H and O–H groups in total. The van der Waals surface area contributed by atoms with E-state index in [1.54, 1.807) is 16.7 Å². The highest BCUT2D eigenvalue weighted by Gasteiger charge is 2.18. The summed E-state index contributed by atoms with van der Waals surface area (Å²) in [6.45, 7) is 5.88. The minimum absolute atomic E-state index is 0.107. The molecule has 3 rings (SSSR count). The maximum atomic E-state index is 11.4. The first-order valence-corrected chi connectivity index (χ1v) is 7.17. The average molecular weight is 308 g/mol. The fourth-order valence-electron chi connectivity index (χ4n) is 2.32. The van der Waals surface area contributed by atoms with Gasteiger partial charge in [0.15, 0.2) is 11.5 Å². The molecule has 0 radical (unpaired) electrons. The van der Waals surface area contributed by atoms with Crippen molar-refractivity contribution < 1.29 is 9.90 Å². The number of rotatable bonds is 3. The van der Waals surface area contributed by atoms with E-state index in [0.29, 0.717) is 11.3 Å². The summed E-state index contributed by atoms with van der Waals surface area (Å²) in [5.74, 6) is -0.904. The number of hydrogen-bond donors (Lipinski definition) is 1. The first kappa shape index (κ1) is 14.9. The Labute approximate surface area is 133 Å². The van der Waals surface area contributed by atoms with Gasteiger partial charge < -0.3 is 5.11 Å². The SMILES string of the molecule is Cc1ccc2nc(C(=O)O)c(N=Nc3cccc(C)c3C)n2c1. The summed E-state index contributed by atoms with van der Waals surface area (Å²) in [6.07, 6.45) is 1.80. The Hall–Kier alpha value is -3.02. The van der Waals surface area contributed by atoms with E-state index in [9.17, 15) is 9.90 Å². The van der Waals surface area contributed by atoms with Crippen molar-refractivity contribution in [1.29, 1.82) is 0 Å². The van der Waals surface area contributed by atoms with E-state index in [2.05, 4.69) is 15.2 Å². The van der Waals surface area contributed by atoms with Crippen molar-refractivity contribution in [3.8, 4) is 0 Å². The molecule has 23 heavy (non-hydrogen) atoms. The van der Waals surface area contributed by atoms with Gasteiger partial charge in [0, 0.05) is 6.20 Å². The Balaban J connectivity index is 2.16. The van der Waals surface area contributed by atoms with Crippen LogP contribution in [-0.4, -0.2) is 20.5 Å². The average Bonchev–Trinajstić information content (AvgIpc) is 2.87. The zero-order valence-corrected chi connectivity index (χ0v) is 13.1. The molecule has 0 aliphatic rings. The summed E-state index contributed by atoms with van der Waals surface area (Å²) in [6, 6.07) is 9.38. The lowest BCUT2D eigenvalue weighted by Gasteiger charge is -2.02. The van der Waals surface area contributed by atoms with Gasteiger partial charge in [-0.15, -0.1) is 10.2 Å². The van der Waals surface area contributed by atoms with E-state index in [-0.39, 0.29) is 11.5 Å². The molecular weight excluding hydrogens is 292 g/mol. The van der Waals surface area contributed by atoms with E-state index in [0.717, 1.165) is 16.7 Å². The number of nitrogens with zero attached hydrogens (tertiary/aromatic N) is 4. The van der Waals surface area contributed by atoms with Gasteiger partial charge in [0.1, 0.15) is 5.65 Å². The number of benzene rings is 1. The van der Waals surface area contributed by atoms with Crippen LogP contribution in [0.2, 0.25) is 0 Å². The lowest BCUT2D eigenvalue weighted by molar-refractivity contribution is 0.0692. The smallest absolute Gasteiger partial charge is 0.358 e. The molecule has 2 aromatic heterocycles. The fraction of sp³-hybridized carbons (Fsp3) is 0.176. The third-order valence-corrected chi connectivity index (χ3v) is 3.77. The number of aromatic carboxylic acids is 1. The standard InChI is InChI=1S/C17H16N4O2/c1-10-7-8-14-18-15(17(22)23)16(21(14)9-10)20-19-13-6-4-5-11(2)12(13)3/h4-9H,1-3H3,(H,22,23). The van der Waals surface area contributed by atoms with Crippen LogP contribution in [0.5, 0.6) is 0 Å². The van der Waals surface area contributed by atoms with Crippen LogP contribution >= 0.6 is 0 Å². The summed E-state index contributed by atoms with van der Waals surface area (Å²) >= 11 is 0. The maximum Gasteiger partial charge on any atom is 0.358 e. The van der Waals surface area contributed by atoms with Crippen LogP contribution in [0, 0.1) is 20.8 Å². The normalized spacial score (nSPS) is 11.4. The topological polar surface area (TPSA) is 79.3 Å². The molecule has 6 nitrogen and oxygen atoms in total. The highest BCUT2D eigenvalue weighted by atomic mass is 16.4. The second-order valence-corrected chi connectivity index (χ2v) is 5.44. The van der Waals surface area contributed by atoms with Crippen molar-refractivity contribution in [3.63, 3.8) is 0 Å². The quantitative estimate of drug-likeness (QED) is 0.729. The number of imidazole rings is 1. The molecule has 0 saturated carbocycles. The lowest BCUT2D eigenvalue weighted by Crippen LogP contribution is -1.96. The van der Waals surface area contributed by atoms with Crippen LogP contribution in [-0.2, 0) is 0 Å². The maximum absolute atomic E-state index is 11.4. The van der Waals surface area contributed by atoms with Crippen molar-refractivity contribution in [3.05, 3.63) is 58.9 Å². The van der Waals surface area contributed by atoms with Crippen molar-refractivity contribution >= 4 is 23.1 Å². The summed E-state index contributed by atoms with van der Waals surface area (Å²) in [4.78, 5) is 15.5. The molecule has 1 aromatic carbocycles. The van der Waals surface area contributed by atoms with Gasteiger partial charge in [-0.1, -0.05) is 18.2 Å². The number of aromatic nitrogens is 2. The minimum atomic E-state index is -1.12. The Morgan fingerprint density at radius 2 is 1.91 bits per heavy atom. The molecule has 0 spiro atoms. The number of hydrogen-bond acceptors (Lipinski definition) is 4. The van der Waals surface area contributed by atoms with Crippen molar-refractivity contribution in [1.82, 2.24) is 9.38 Å². The Kier molecular flexibility index (Phi) is 3.65. The Morgan fingerprint density at radius 3 is 2.65 bits per heavy atom. The molecule has 0 atom stereocenters. The Morgan fingerprint density at radius 1 is 1.13 bits per heavy atom. The van der Waals surface area contributed by atoms with Gasteiger partial charge in [0.25, 0.3) is 0 Å². The molecule has 2 heterocycles. The van der Waals surface area contributed by atoms with E-state index in [1.165, 1.54) is 0 Å². The summed E-state index contributed by atoms with van der Waals surface area (Å²) < 4.78 is 1.65. The third kappa shape index (κ3) is 2.70. The van der Waals surface area contributed by atoms with Crippen molar-refractivity contribution in [2.45, 2.75) is 20.8 Å². The molecule has 0 unspecified atom stereocenters. The second kappa shape index (κ2) is 5.64. The first-order chi connectivity index (χ1) is 11.0. The zero-order chi connectivity index (χ0) is 16.6. The molecule has 0 aliphatic heterocycles. The van der Waals surface area contributed by atoms with Crippen LogP contribution in [0.25, 0.3) is 5.65 Å². The summed E-state index contributed by atoms with van der Waals surface area (Å²) in [5.41, 5.74) is 4.23. The summed E-state index contributed by atoms with van der Waals surface area (Å²) in [7, 11) is 0. The number of pyridine rings is 1. The molecule has 0 fully saturated rings. The molecule has 0 amide bonds. The number of azo groups is 1. The highest BCUT2D eigenvalue weighted by Crippen LogP contribution is 2.27. The van der Waals surface area contributed by atoms with Crippen LogP contribution in [0.15, 0.2) is 46.8 Å². The van der Waals surface area contributed by atoms with E-state index in [4.69, 9.17) is 0 Å². The minimum Gasteiger partial charge on any atom is -0.476 e. The molecule has 3 aromatic rings. The first-order valence-electron chi connectivity index (χ1n) is 7.17. The van der Waals surface area contributed by atoms with E-state index < -0.39 is 5.97 Å². The number of aryl methyl sites for hydroxylation is 2. The van der Waals surface area contributed by atoms with Gasteiger partial charge in [-0.25, -0.2) is 9.78 Å². The number of carbonyl (C=O) groups is 1. The molecule has 0 aliphatic carbocycles. The predicted octanol–water partition coefficient (Wildman–Crippen LogP) is 4.37. The highest BCUT2D eigenvalue weighted by molar-refractivity contribution is 5.91. The van der Waals surface area contributed by atoms with Crippen molar-refractivity contribution in [2.75, 3.05) is 0 Å². The fourth-order valence-corrected chi connectivity index (χ4v) is 2.32. The van der Waals surface area contributed by atoms with Gasteiger partial charge in [-0.05, 0) is 49.6 Å². The van der Waals surface area contributed by atoms with Crippen LogP contribution in [0.1, 0.15) is 27.2 Å². The van der Waals surface area contributed by atoms with Gasteiger partial charge in [0.05, 0.1) is 5.69 Å². The zero-order valence-electron chi connectivity index (χ0n) is 13.1. The number of carboxylic acids is 1. The lowest BCUT2D eigenvalue weighted by atomic mass is 10.1. The van der Waals surface area contributed by atoms with Crippen LogP contribution in [0.4, 0.5) is 11.5 Å². The molecule has 6 heteroatoms. The van der Waals surface area contributed by atoms with Crippen LogP contribution < -0.4 is 0 Å². The third-order valence-electron chi connectivity index (χ3n) is 3.77. The monoisotopic (exact) mass is 308 g/mol. The predicted molar refractivity (Wildman–Crippen MR) is 87.0 cm³/mol. The molecular formula is C17H16N4O2. The Bertz CT molecular complexity index is 941. The molecule has 0 saturated heterocycles. The van der Waals surface area contributed by atoms with Gasteiger partial charge in [-0.2, -0.15) is 0 Å². The largest absolute Gasteiger partial charge is 0.476 e. The van der Waals surface area contributed by atoms with Gasteiger partial charge in [-0.3, -0.25) is 4.40 Å². The number of fused-ring (bicyclic) bond motifs is 1. The van der Waals surface area contributed by atoms with Crippen molar-refractivity contribution in [2.24, 2.45) is 10.2 Å². The molecule has 116 valence electrons. The van der Waals surface area contributed by atoms with Gasteiger partial charge in [0.2, 0.25) is 0 Å². The second-order valence-electron chi connectivity index (χ2n) is 5.44. The van der Waals surface area contributed by atoms with Gasteiger partial charge >= 0.3 is 5.97 Å². The summed E-state index contributed by atoms with van der Waals surface area (Å²) in [5, 5.41) is 17.8. The molecule has 0 bridgehead atoms.